The zero-order chi connectivity index (χ0) is 5.82. The zero-order valence-corrected chi connectivity index (χ0v) is 4.61. The summed E-state index contributed by atoms with van der Waals surface area (Å²) in [5, 5.41) is 6.17. The smallest absolute Gasteiger partial charge is 0.201 e. The van der Waals surface area contributed by atoms with E-state index in [0.717, 1.165) is 13.1 Å². The fourth-order valence-electron chi connectivity index (χ4n) is 0.793. The van der Waals surface area contributed by atoms with Gasteiger partial charge < -0.3 is 10.6 Å². The first-order valence-corrected chi connectivity index (χ1v) is 2.75. The average Bonchev–Trinajstić information content (AvgIpc) is 2.19. The van der Waals surface area contributed by atoms with E-state index in [-0.39, 0.29) is 6.17 Å². The lowest BCUT2D eigenvalue weighted by Gasteiger charge is -2.02. The second kappa shape index (κ2) is 2.79. The molecule has 1 heterocycles. The SMILES string of the molecule is O=[C]CC1NCCN1. The molecule has 1 radical (unpaired) electrons. The van der Waals surface area contributed by atoms with Crippen molar-refractivity contribution in [2.45, 2.75) is 12.6 Å². The van der Waals surface area contributed by atoms with Crippen LogP contribution in [0.1, 0.15) is 6.42 Å². The third-order valence-electron chi connectivity index (χ3n) is 1.19. The van der Waals surface area contributed by atoms with Crippen LogP contribution in [0.3, 0.4) is 0 Å². The standard InChI is InChI=1S/C5H9N2O/c8-4-1-5-6-2-3-7-5/h5-7H,1-3H2. The molecule has 0 bridgehead atoms. The fraction of sp³-hybridized carbons (Fsp3) is 0.800. The Kier molecular flexibility index (Phi) is 2.00. The van der Waals surface area contributed by atoms with Crippen LogP contribution in [0, 0.1) is 0 Å². The first-order chi connectivity index (χ1) is 3.93. The number of hydrogen-bond acceptors (Lipinski definition) is 3. The molecular weight excluding hydrogens is 104 g/mol. The molecule has 0 aromatic heterocycles. The van der Waals surface area contributed by atoms with Gasteiger partial charge in [0.1, 0.15) is 0 Å². The van der Waals surface area contributed by atoms with E-state index in [1.54, 1.807) is 0 Å². The molecule has 3 heteroatoms. The van der Waals surface area contributed by atoms with E-state index in [2.05, 4.69) is 10.6 Å². The monoisotopic (exact) mass is 113 g/mol. The molecule has 0 atom stereocenters. The Balaban J connectivity index is 2.14. The minimum absolute atomic E-state index is 0.187. The molecular formula is C5H9N2O. The highest BCUT2D eigenvalue weighted by atomic mass is 16.1. The van der Waals surface area contributed by atoms with E-state index < -0.39 is 0 Å². The third kappa shape index (κ3) is 1.28. The van der Waals surface area contributed by atoms with Crippen LogP contribution in [0.4, 0.5) is 0 Å². The van der Waals surface area contributed by atoms with Crippen LogP contribution in [-0.4, -0.2) is 25.5 Å². The normalized spacial score (nSPS) is 21.5. The number of nitrogens with one attached hydrogen (secondary N) is 2. The lowest BCUT2D eigenvalue weighted by atomic mass is 10.4. The maximum Gasteiger partial charge on any atom is 0.201 e. The molecule has 1 aliphatic heterocycles. The maximum absolute atomic E-state index is 9.76. The number of rotatable bonds is 2. The molecule has 0 aromatic rings. The minimum atomic E-state index is 0.187. The summed E-state index contributed by atoms with van der Waals surface area (Å²) in [7, 11) is 0. The molecule has 3 nitrogen and oxygen atoms in total. The summed E-state index contributed by atoms with van der Waals surface area (Å²) < 4.78 is 0. The van der Waals surface area contributed by atoms with Gasteiger partial charge in [-0.05, 0) is 0 Å². The van der Waals surface area contributed by atoms with Gasteiger partial charge in [-0.15, -0.1) is 0 Å². The van der Waals surface area contributed by atoms with Crippen molar-refractivity contribution in [3.8, 4) is 0 Å². The van der Waals surface area contributed by atoms with E-state index in [1.807, 2.05) is 6.29 Å². The molecule has 2 N–H and O–H groups in total. The molecule has 0 unspecified atom stereocenters. The van der Waals surface area contributed by atoms with Gasteiger partial charge in [0.15, 0.2) is 0 Å². The Bertz CT molecular complexity index is 78.5. The quantitative estimate of drug-likeness (QED) is 0.483. The second-order valence-corrected chi connectivity index (χ2v) is 1.81. The molecule has 0 saturated carbocycles. The summed E-state index contributed by atoms with van der Waals surface area (Å²) >= 11 is 0. The summed E-state index contributed by atoms with van der Waals surface area (Å²) in [4.78, 5) is 9.76. The Labute approximate surface area is 48.5 Å². The average molecular weight is 113 g/mol. The predicted molar refractivity (Wildman–Crippen MR) is 30.1 cm³/mol. The molecule has 0 amide bonds. The van der Waals surface area contributed by atoms with Gasteiger partial charge in [0.2, 0.25) is 6.29 Å². The van der Waals surface area contributed by atoms with Crippen LogP contribution in [0.15, 0.2) is 0 Å². The largest absolute Gasteiger partial charge is 0.300 e. The van der Waals surface area contributed by atoms with Gasteiger partial charge in [-0.2, -0.15) is 0 Å². The van der Waals surface area contributed by atoms with Gasteiger partial charge >= 0.3 is 0 Å². The van der Waals surface area contributed by atoms with E-state index in [9.17, 15) is 4.79 Å². The Morgan fingerprint density at radius 3 is 2.62 bits per heavy atom. The topological polar surface area (TPSA) is 41.1 Å². The third-order valence-corrected chi connectivity index (χ3v) is 1.19. The van der Waals surface area contributed by atoms with Crippen LogP contribution >= 0.6 is 0 Å². The number of carbonyl (C=O) groups excluding carboxylic acids is 1. The Hall–Kier alpha value is -0.410. The molecule has 1 saturated heterocycles. The highest BCUT2D eigenvalue weighted by Gasteiger charge is 2.10. The van der Waals surface area contributed by atoms with E-state index in [1.165, 1.54) is 0 Å². The zero-order valence-electron chi connectivity index (χ0n) is 4.61. The second-order valence-electron chi connectivity index (χ2n) is 1.81. The van der Waals surface area contributed by atoms with Gasteiger partial charge in [-0.3, -0.25) is 4.79 Å². The van der Waals surface area contributed by atoms with Gasteiger partial charge in [0.05, 0.1) is 6.17 Å². The van der Waals surface area contributed by atoms with Gasteiger partial charge in [0.25, 0.3) is 0 Å². The summed E-state index contributed by atoms with van der Waals surface area (Å²) in [6.07, 6.45) is 2.48. The van der Waals surface area contributed by atoms with Crippen LogP contribution < -0.4 is 10.6 Å². The lowest BCUT2D eigenvalue weighted by molar-refractivity contribution is 0.515. The lowest BCUT2D eigenvalue weighted by Crippen LogP contribution is -2.30. The Morgan fingerprint density at radius 1 is 1.50 bits per heavy atom. The molecule has 1 rings (SSSR count). The van der Waals surface area contributed by atoms with Crippen LogP contribution in [0.25, 0.3) is 0 Å². The first kappa shape index (κ1) is 5.72. The maximum atomic E-state index is 9.76. The van der Waals surface area contributed by atoms with Crippen LogP contribution in [-0.2, 0) is 4.79 Å². The Morgan fingerprint density at radius 2 is 2.12 bits per heavy atom. The summed E-state index contributed by atoms with van der Waals surface area (Å²) in [5.74, 6) is 0. The van der Waals surface area contributed by atoms with Gasteiger partial charge in [-0.1, -0.05) is 0 Å². The van der Waals surface area contributed by atoms with Crippen molar-refractivity contribution in [3.63, 3.8) is 0 Å². The molecule has 0 spiro atoms. The van der Waals surface area contributed by atoms with Crippen molar-refractivity contribution in [2.75, 3.05) is 13.1 Å². The summed E-state index contributed by atoms with van der Waals surface area (Å²) in [6.45, 7) is 1.93. The van der Waals surface area contributed by atoms with Crippen molar-refractivity contribution in [3.05, 3.63) is 0 Å². The van der Waals surface area contributed by atoms with Gasteiger partial charge in [0, 0.05) is 19.5 Å². The van der Waals surface area contributed by atoms with Crippen molar-refractivity contribution in [2.24, 2.45) is 0 Å². The molecule has 1 aliphatic rings. The van der Waals surface area contributed by atoms with Crippen LogP contribution in [0.2, 0.25) is 0 Å². The fourth-order valence-corrected chi connectivity index (χ4v) is 0.793. The van der Waals surface area contributed by atoms with E-state index >= 15 is 0 Å². The van der Waals surface area contributed by atoms with E-state index in [0.29, 0.717) is 6.42 Å². The highest BCUT2D eigenvalue weighted by molar-refractivity contribution is 5.51. The van der Waals surface area contributed by atoms with E-state index in [4.69, 9.17) is 0 Å². The molecule has 0 aromatic carbocycles. The highest BCUT2D eigenvalue weighted by Crippen LogP contribution is 1.87. The van der Waals surface area contributed by atoms with Crippen molar-refractivity contribution in [1.29, 1.82) is 0 Å². The van der Waals surface area contributed by atoms with Crippen molar-refractivity contribution >= 4 is 6.29 Å². The molecule has 45 valence electrons. The van der Waals surface area contributed by atoms with Gasteiger partial charge in [-0.25, -0.2) is 0 Å². The minimum Gasteiger partial charge on any atom is -0.300 e. The first-order valence-electron chi connectivity index (χ1n) is 2.75. The van der Waals surface area contributed by atoms with Crippen LogP contribution in [0.5, 0.6) is 0 Å². The number of hydrogen-bond donors (Lipinski definition) is 2. The molecule has 1 fully saturated rings. The predicted octanol–water partition coefficient (Wildman–Crippen LogP) is -0.995. The molecule has 8 heavy (non-hydrogen) atoms. The summed E-state index contributed by atoms with van der Waals surface area (Å²) in [6, 6.07) is 0. The van der Waals surface area contributed by atoms with Crippen molar-refractivity contribution in [1.82, 2.24) is 10.6 Å². The van der Waals surface area contributed by atoms with Crippen molar-refractivity contribution < 1.29 is 4.79 Å². The molecule has 0 aliphatic carbocycles. The summed E-state index contributed by atoms with van der Waals surface area (Å²) in [5.41, 5.74) is 0.